The van der Waals surface area contributed by atoms with Crippen LogP contribution in [-0.2, 0) is 0 Å². The van der Waals surface area contributed by atoms with Crippen molar-refractivity contribution in [1.82, 2.24) is 9.97 Å². The van der Waals surface area contributed by atoms with Gasteiger partial charge in [0.05, 0.1) is 21.0 Å². The molecule has 1 aliphatic heterocycles. The summed E-state index contributed by atoms with van der Waals surface area (Å²) in [6, 6.07) is 9.11. The number of fused-ring (bicyclic) bond motifs is 1. The number of amides is 1. The molecule has 8 heteroatoms. The Kier molecular flexibility index (Phi) is 5.02. The molecular formula is C18H17ClN4OS2. The van der Waals surface area contributed by atoms with Crippen molar-refractivity contribution in [3.05, 3.63) is 40.2 Å². The molecule has 1 amide bonds. The highest BCUT2D eigenvalue weighted by Gasteiger charge is 2.21. The zero-order valence-electron chi connectivity index (χ0n) is 14.2. The summed E-state index contributed by atoms with van der Waals surface area (Å²) in [4.78, 5) is 25.7. The van der Waals surface area contributed by atoms with E-state index in [2.05, 4.69) is 15.2 Å². The van der Waals surface area contributed by atoms with Crippen LogP contribution in [0.5, 0.6) is 0 Å². The van der Waals surface area contributed by atoms with Crippen LogP contribution in [0.2, 0.25) is 5.02 Å². The number of anilines is 2. The van der Waals surface area contributed by atoms with Crippen LogP contribution in [0.15, 0.2) is 35.5 Å². The molecule has 0 unspecified atom stereocenters. The first-order chi connectivity index (χ1) is 12.7. The van der Waals surface area contributed by atoms with Crippen molar-refractivity contribution < 1.29 is 4.79 Å². The summed E-state index contributed by atoms with van der Waals surface area (Å²) in [5, 5.41) is 5.07. The van der Waals surface area contributed by atoms with Crippen LogP contribution in [-0.4, -0.2) is 35.2 Å². The molecule has 0 atom stereocenters. The van der Waals surface area contributed by atoms with Crippen molar-refractivity contribution in [2.24, 2.45) is 0 Å². The first-order valence-corrected chi connectivity index (χ1v) is 10.7. The Hall–Kier alpha value is -1.83. The van der Waals surface area contributed by atoms with Gasteiger partial charge in [0, 0.05) is 13.1 Å². The zero-order chi connectivity index (χ0) is 18.1. The quantitative estimate of drug-likeness (QED) is 0.494. The van der Waals surface area contributed by atoms with E-state index in [0.717, 1.165) is 34.3 Å². The standard InChI is InChI=1S/C18H17ClN4OS2/c1-25-18-21-15(23-8-4-5-9-23)11-10-14(26-17(11)22-18)16(24)20-13-7-3-2-6-12(13)19/h2-3,6-7,10H,4-5,8-9H2,1H3,(H,20,24). The summed E-state index contributed by atoms with van der Waals surface area (Å²) < 4.78 is 0. The van der Waals surface area contributed by atoms with Crippen LogP contribution in [0.4, 0.5) is 11.5 Å². The number of thioether (sulfide) groups is 1. The van der Waals surface area contributed by atoms with E-state index in [9.17, 15) is 4.79 Å². The Morgan fingerprint density at radius 3 is 2.77 bits per heavy atom. The molecule has 3 aromatic rings. The van der Waals surface area contributed by atoms with Crippen molar-refractivity contribution in [2.45, 2.75) is 18.0 Å². The second-order valence-corrected chi connectivity index (χ2v) is 8.20. The average Bonchev–Trinajstić information content (AvgIpc) is 3.32. The summed E-state index contributed by atoms with van der Waals surface area (Å²) in [6.45, 7) is 1.99. The van der Waals surface area contributed by atoms with Crippen molar-refractivity contribution in [3.8, 4) is 0 Å². The monoisotopic (exact) mass is 404 g/mol. The van der Waals surface area contributed by atoms with Gasteiger partial charge in [0.25, 0.3) is 5.91 Å². The Labute approximate surface area is 164 Å². The van der Waals surface area contributed by atoms with Gasteiger partial charge in [0.2, 0.25) is 0 Å². The molecule has 1 aliphatic rings. The predicted octanol–water partition coefficient (Wildman–Crippen LogP) is 4.92. The molecule has 5 nitrogen and oxygen atoms in total. The Bertz CT molecular complexity index is 969. The molecule has 0 bridgehead atoms. The van der Waals surface area contributed by atoms with E-state index in [1.807, 2.05) is 24.5 Å². The van der Waals surface area contributed by atoms with Gasteiger partial charge in [-0.05, 0) is 37.3 Å². The molecule has 3 heterocycles. The maximum atomic E-state index is 12.7. The van der Waals surface area contributed by atoms with Gasteiger partial charge in [-0.3, -0.25) is 4.79 Å². The highest BCUT2D eigenvalue weighted by atomic mass is 35.5. The molecule has 1 N–H and O–H groups in total. The van der Waals surface area contributed by atoms with Crippen LogP contribution in [0.1, 0.15) is 22.5 Å². The van der Waals surface area contributed by atoms with Gasteiger partial charge < -0.3 is 10.2 Å². The maximum absolute atomic E-state index is 12.7. The molecule has 4 rings (SSSR count). The average molecular weight is 405 g/mol. The lowest BCUT2D eigenvalue weighted by molar-refractivity contribution is 0.103. The van der Waals surface area contributed by atoms with E-state index < -0.39 is 0 Å². The van der Waals surface area contributed by atoms with Gasteiger partial charge >= 0.3 is 0 Å². The van der Waals surface area contributed by atoms with Gasteiger partial charge in [-0.2, -0.15) is 0 Å². The second-order valence-electron chi connectivity index (χ2n) is 5.99. The van der Waals surface area contributed by atoms with Gasteiger partial charge in [-0.1, -0.05) is 35.5 Å². The fourth-order valence-electron chi connectivity index (χ4n) is 3.01. The van der Waals surface area contributed by atoms with Crippen molar-refractivity contribution in [2.75, 3.05) is 29.6 Å². The van der Waals surface area contributed by atoms with Crippen molar-refractivity contribution in [3.63, 3.8) is 0 Å². The SMILES string of the molecule is CSc1nc(N2CCCC2)c2cc(C(=O)Nc3ccccc3Cl)sc2n1. The zero-order valence-corrected chi connectivity index (χ0v) is 16.5. The largest absolute Gasteiger partial charge is 0.356 e. The fourth-order valence-corrected chi connectivity index (χ4v) is 4.53. The Morgan fingerprint density at radius 2 is 2.04 bits per heavy atom. The van der Waals surface area contributed by atoms with Gasteiger partial charge in [-0.15, -0.1) is 11.3 Å². The molecule has 2 aromatic heterocycles. The van der Waals surface area contributed by atoms with Crippen LogP contribution in [0, 0.1) is 0 Å². The number of carbonyl (C=O) groups excluding carboxylic acids is 1. The molecular weight excluding hydrogens is 388 g/mol. The van der Waals surface area contributed by atoms with E-state index in [0.29, 0.717) is 15.6 Å². The number of nitrogens with zero attached hydrogens (tertiary/aromatic N) is 3. The molecule has 0 radical (unpaired) electrons. The number of hydrogen-bond donors (Lipinski definition) is 1. The number of carbonyl (C=O) groups is 1. The molecule has 0 saturated carbocycles. The van der Waals surface area contributed by atoms with Crippen LogP contribution in [0.3, 0.4) is 0 Å². The number of para-hydroxylation sites is 1. The first kappa shape index (κ1) is 17.6. The predicted molar refractivity (Wildman–Crippen MR) is 110 cm³/mol. The smallest absolute Gasteiger partial charge is 0.265 e. The van der Waals surface area contributed by atoms with E-state index in [1.165, 1.54) is 35.9 Å². The minimum absolute atomic E-state index is 0.181. The van der Waals surface area contributed by atoms with Crippen LogP contribution >= 0.6 is 34.7 Å². The topological polar surface area (TPSA) is 58.1 Å². The third-order valence-electron chi connectivity index (χ3n) is 4.29. The maximum Gasteiger partial charge on any atom is 0.265 e. The summed E-state index contributed by atoms with van der Waals surface area (Å²) in [6.07, 6.45) is 4.31. The molecule has 1 fully saturated rings. The number of halogens is 1. The number of nitrogens with one attached hydrogen (secondary N) is 1. The second kappa shape index (κ2) is 7.42. The highest BCUT2D eigenvalue weighted by molar-refractivity contribution is 7.98. The Balaban J connectivity index is 1.71. The number of aromatic nitrogens is 2. The number of rotatable bonds is 4. The summed E-state index contributed by atoms with van der Waals surface area (Å²) in [7, 11) is 0. The lowest BCUT2D eigenvalue weighted by Crippen LogP contribution is -2.19. The number of thiophene rings is 1. The van der Waals surface area contributed by atoms with Crippen LogP contribution < -0.4 is 10.2 Å². The number of hydrogen-bond acceptors (Lipinski definition) is 6. The summed E-state index contributed by atoms with van der Waals surface area (Å²) in [5.41, 5.74) is 0.604. The van der Waals surface area contributed by atoms with Gasteiger partial charge in [0.1, 0.15) is 10.6 Å². The molecule has 1 aromatic carbocycles. The number of benzene rings is 1. The minimum Gasteiger partial charge on any atom is -0.356 e. The lowest BCUT2D eigenvalue weighted by atomic mass is 10.3. The molecule has 26 heavy (non-hydrogen) atoms. The van der Waals surface area contributed by atoms with Crippen LogP contribution in [0.25, 0.3) is 10.2 Å². The molecule has 0 spiro atoms. The third kappa shape index (κ3) is 3.39. The van der Waals surface area contributed by atoms with Gasteiger partial charge in [-0.25, -0.2) is 9.97 Å². The van der Waals surface area contributed by atoms with Gasteiger partial charge in [0.15, 0.2) is 5.16 Å². The molecule has 1 saturated heterocycles. The third-order valence-corrected chi connectivity index (χ3v) is 6.19. The van der Waals surface area contributed by atoms with E-state index in [1.54, 1.807) is 12.1 Å². The highest BCUT2D eigenvalue weighted by Crippen LogP contribution is 2.34. The molecule has 0 aliphatic carbocycles. The van der Waals surface area contributed by atoms with E-state index in [-0.39, 0.29) is 5.91 Å². The van der Waals surface area contributed by atoms with Crippen molar-refractivity contribution >= 4 is 62.3 Å². The minimum atomic E-state index is -0.181. The molecule has 134 valence electrons. The van der Waals surface area contributed by atoms with E-state index >= 15 is 0 Å². The summed E-state index contributed by atoms with van der Waals surface area (Å²) >= 11 is 9.05. The normalized spacial score (nSPS) is 14.2. The fraction of sp³-hybridized carbons (Fsp3) is 0.278. The Morgan fingerprint density at radius 1 is 1.27 bits per heavy atom. The van der Waals surface area contributed by atoms with E-state index in [4.69, 9.17) is 16.6 Å². The summed E-state index contributed by atoms with van der Waals surface area (Å²) in [5.74, 6) is 0.754. The van der Waals surface area contributed by atoms with Crippen molar-refractivity contribution in [1.29, 1.82) is 0 Å². The lowest BCUT2D eigenvalue weighted by Gasteiger charge is -2.17. The first-order valence-electron chi connectivity index (χ1n) is 8.32.